The molecule has 0 aromatic carbocycles. The lowest BCUT2D eigenvalue weighted by Crippen LogP contribution is -2.08. The van der Waals surface area contributed by atoms with Gasteiger partial charge in [0.15, 0.2) is 5.82 Å². The zero-order valence-electron chi connectivity index (χ0n) is 13.9. The summed E-state index contributed by atoms with van der Waals surface area (Å²) in [5, 5.41) is 3.17. The third-order valence-electron chi connectivity index (χ3n) is 3.91. The van der Waals surface area contributed by atoms with Gasteiger partial charge in [0.2, 0.25) is 0 Å². The maximum atomic E-state index is 5.96. The van der Waals surface area contributed by atoms with Crippen molar-refractivity contribution in [1.82, 2.24) is 19.5 Å². The molecule has 2 N–H and O–H groups in total. The number of thiazole rings is 1. The number of nitrogens with two attached hydrogens (primary N) is 1. The van der Waals surface area contributed by atoms with Gasteiger partial charge in [-0.2, -0.15) is 0 Å². The zero-order chi connectivity index (χ0) is 16.2. The molecule has 0 aliphatic rings. The summed E-state index contributed by atoms with van der Waals surface area (Å²) in [4.78, 5) is 13.0. The lowest BCUT2D eigenvalue weighted by Gasteiger charge is -2.09. The van der Waals surface area contributed by atoms with Crippen LogP contribution in [0.5, 0.6) is 0 Å². The first-order valence-corrected chi connectivity index (χ1v) is 8.58. The molecule has 0 aliphatic carbocycles. The lowest BCUT2D eigenvalue weighted by atomic mass is 10.2. The Morgan fingerprint density at radius 1 is 1.25 bits per heavy atom. The van der Waals surface area contributed by atoms with Gasteiger partial charge in [-0.1, -0.05) is 0 Å². The van der Waals surface area contributed by atoms with Crippen molar-refractivity contribution in [3.05, 3.63) is 34.2 Å². The minimum absolute atomic E-state index is 0. The highest BCUT2D eigenvalue weighted by Crippen LogP contribution is 2.23. The van der Waals surface area contributed by atoms with Crippen LogP contribution in [-0.4, -0.2) is 32.7 Å². The highest BCUT2D eigenvalue weighted by molar-refractivity contribution is 7.09. The van der Waals surface area contributed by atoms with E-state index in [-0.39, 0.29) is 12.4 Å². The molecule has 0 unspecified atom stereocenters. The van der Waals surface area contributed by atoms with E-state index in [0.717, 1.165) is 48.3 Å². The molecule has 130 valence electrons. The van der Waals surface area contributed by atoms with Gasteiger partial charge in [-0.3, -0.25) is 0 Å². The Balaban J connectivity index is 0.00000208. The van der Waals surface area contributed by atoms with Crippen molar-refractivity contribution in [1.29, 1.82) is 0 Å². The number of hydrogen-bond donors (Lipinski definition) is 1. The third-order valence-corrected chi connectivity index (χ3v) is 4.75. The molecule has 3 heterocycles. The molecule has 0 spiro atoms. The summed E-state index contributed by atoms with van der Waals surface area (Å²) >= 11 is 1.69. The maximum Gasteiger partial charge on any atom is 0.151 e. The third kappa shape index (κ3) is 4.03. The van der Waals surface area contributed by atoms with Crippen LogP contribution in [0.4, 0.5) is 5.82 Å². The molecular formula is C16H22ClN5OS. The van der Waals surface area contributed by atoms with Crippen LogP contribution in [0.25, 0.3) is 11.0 Å². The van der Waals surface area contributed by atoms with Crippen molar-refractivity contribution in [2.24, 2.45) is 0 Å². The van der Waals surface area contributed by atoms with Crippen molar-refractivity contribution in [3.63, 3.8) is 0 Å². The van der Waals surface area contributed by atoms with Crippen LogP contribution in [-0.2, 0) is 17.7 Å². The Hall–Kier alpha value is -1.70. The molecule has 3 rings (SSSR count). The van der Waals surface area contributed by atoms with E-state index in [2.05, 4.69) is 26.4 Å². The molecule has 0 saturated carbocycles. The van der Waals surface area contributed by atoms with Crippen molar-refractivity contribution in [3.8, 4) is 0 Å². The fraction of sp³-hybridized carbons (Fsp3) is 0.438. The van der Waals surface area contributed by atoms with Gasteiger partial charge in [-0.05, 0) is 25.8 Å². The first-order chi connectivity index (χ1) is 11.2. The second-order valence-corrected chi connectivity index (χ2v) is 6.46. The van der Waals surface area contributed by atoms with E-state index >= 15 is 0 Å². The van der Waals surface area contributed by atoms with E-state index in [4.69, 9.17) is 10.5 Å². The number of hydrogen-bond acceptors (Lipinski definition) is 6. The number of anilines is 1. The Kier molecular flexibility index (Phi) is 6.53. The average molecular weight is 368 g/mol. The van der Waals surface area contributed by atoms with Crippen molar-refractivity contribution < 1.29 is 4.74 Å². The lowest BCUT2D eigenvalue weighted by molar-refractivity contribution is 0.125. The highest BCUT2D eigenvalue weighted by Gasteiger charge is 2.12. The van der Waals surface area contributed by atoms with Crippen LogP contribution in [0.2, 0.25) is 0 Å². The number of nitrogen functional groups attached to an aromatic ring is 1. The number of aryl methyl sites for hydroxylation is 3. The van der Waals surface area contributed by atoms with E-state index in [0.29, 0.717) is 12.4 Å². The molecule has 8 heteroatoms. The van der Waals surface area contributed by atoms with Crippen LogP contribution >= 0.6 is 23.7 Å². The number of aromatic nitrogens is 4. The number of imidazole rings is 1. The van der Waals surface area contributed by atoms with Gasteiger partial charge in [0.1, 0.15) is 5.52 Å². The van der Waals surface area contributed by atoms with Gasteiger partial charge >= 0.3 is 0 Å². The summed E-state index contributed by atoms with van der Waals surface area (Å²) in [6.07, 6.45) is 5.63. The molecule has 6 nitrogen and oxygen atoms in total. The van der Waals surface area contributed by atoms with E-state index in [9.17, 15) is 0 Å². The van der Waals surface area contributed by atoms with E-state index in [1.165, 1.54) is 5.01 Å². The van der Waals surface area contributed by atoms with Crippen molar-refractivity contribution >= 4 is 40.6 Å². The Morgan fingerprint density at radius 2 is 2.08 bits per heavy atom. The largest absolute Gasteiger partial charge is 0.382 e. The van der Waals surface area contributed by atoms with E-state index in [1.807, 2.05) is 24.8 Å². The topological polar surface area (TPSA) is 78.8 Å². The SMILES string of the molecule is Cc1nc(N)c2ncn(CCOCCCc3nccs3)c2c1C.Cl. The molecule has 0 saturated heterocycles. The quantitative estimate of drug-likeness (QED) is 0.649. The summed E-state index contributed by atoms with van der Waals surface area (Å²) in [6.45, 7) is 6.18. The molecule has 0 atom stereocenters. The molecule has 0 aliphatic heterocycles. The Morgan fingerprint density at radius 3 is 2.83 bits per heavy atom. The number of pyridine rings is 1. The Labute approximate surface area is 151 Å². The first-order valence-electron chi connectivity index (χ1n) is 7.70. The molecule has 24 heavy (non-hydrogen) atoms. The second-order valence-electron chi connectivity index (χ2n) is 5.48. The van der Waals surface area contributed by atoms with Gasteiger partial charge in [-0.15, -0.1) is 23.7 Å². The number of halogens is 1. The smallest absolute Gasteiger partial charge is 0.151 e. The summed E-state index contributed by atoms with van der Waals surface area (Å²) in [7, 11) is 0. The molecule has 0 bridgehead atoms. The number of rotatable bonds is 7. The van der Waals surface area contributed by atoms with Gasteiger partial charge < -0.3 is 15.0 Å². The second kappa shape index (κ2) is 8.41. The predicted molar refractivity (Wildman–Crippen MR) is 99.9 cm³/mol. The van der Waals surface area contributed by atoms with Gasteiger partial charge in [0.05, 0.1) is 23.5 Å². The van der Waals surface area contributed by atoms with E-state index < -0.39 is 0 Å². The average Bonchev–Trinajstić information content (AvgIpc) is 3.18. The van der Waals surface area contributed by atoms with Gasteiger partial charge in [-0.25, -0.2) is 15.0 Å². The van der Waals surface area contributed by atoms with Crippen LogP contribution in [0, 0.1) is 13.8 Å². The van der Waals surface area contributed by atoms with E-state index in [1.54, 1.807) is 11.3 Å². The fourth-order valence-electron chi connectivity index (χ4n) is 2.59. The Bertz CT molecular complexity index is 787. The fourth-order valence-corrected chi connectivity index (χ4v) is 3.25. The summed E-state index contributed by atoms with van der Waals surface area (Å²) in [5.74, 6) is 0.492. The summed E-state index contributed by atoms with van der Waals surface area (Å²) < 4.78 is 7.83. The molecule has 0 amide bonds. The first kappa shape index (κ1) is 18.6. The standard InChI is InChI=1S/C16H21N5OS.ClH/c1-11-12(2)20-16(17)14-15(11)21(10-19-14)6-8-22-7-3-4-13-18-5-9-23-13;/h5,9-10H,3-4,6-8H2,1-2H3,(H2,17,20);1H. The molecule has 0 radical (unpaired) electrons. The predicted octanol–water partition coefficient (Wildman–Crippen LogP) is 3.16. The number of nitrogens with zero attached hydrogens (tertiary/aromatic N) is 4. The van der Waals surface area contributed by atoms with Crippen molar-refractivity contribution in [2.45, 2.75) is 33.2 Å². The number of ether oxygens (including phenoxy) is 1. The van der Waals surface area contributed by atoms with Crippen LogP contribution < -0.4 is 5.73 Å². The molecular weight excluding hydrogens is 346 g/mol. The summed E-state index contributed by atoms with van der Waals surface area (Å²) in [5.41, 5.74) is 9.85. The van der Waals surface area contributed by atoms with Crippen LogP contribution in [0.3, 0.4) is 0 Å². The molecule has 0 fully saturated rings. The minimum Gasteiger partial charge on any atom is -0.382 e. The summed E-state index contributed by atoms with van der Waals surface area (Å²) in [6, 6.07) is 0. The molecule has 3 aromatic heterocycles. The van der Waals surface area contributed by atoms with Gasteiger partial charge in [0, 0.05) is 36.8 Å². The van der Waals surface area contributed by atoms with Crippen LogP contribution in [0.1, 0.15) is 22.7 Å². The molecule has 3 aromatic rings. The maximum absolute atomic E-state index is 5.96. The zero-order valence-corrected chi connectivity index (χ0v) is 15.5. The monoisotopic (exact) mass is 367 g/mol. The highest BCUT2D eigenvalue weighted by atomic mass is 35.5. The number of fused-ring (bicyclic) bond motifs is 1. The normalized spacial score (nSPS) is 10.9. The van der Waals surface area contributed by atoms with Crippen LogP contribution in [0.15, 0.2) is 17.9 Å². The minimum atomic E-state index is 0. The van der Waals surface area contributed by atoms with Gasteiger partial charge in [0.25, 0.3) is 0 Å². The van der Waals surface area contributed by atoms with Crippen molar-refractivity contribution in [2.75, 3.05) is 18.9 Å².